The number of nitrogens with two attached hydrogens (primary N) is 1. The summed E-state index contributed by atoms with van der Waals surface area (Å²) in [5.41, 5.74) is 4.69. The van der Waals surface area contributed by atoms with E-state index in [0.717, 1.165) is 18.2 Å². The van der Waals surface area contributed by atoms with Crippen molar-refractivity contribution in [2.24, 2.45) is 16.6 Å². The molecule has 1 heterocycles. The number of aliphatic imine (C=N–C) groups is 1. The van der Waals surface area contributed by atoms with Crippen LogP contribution >= 0.6 is 0 Å². The van der Waals surface area contributed by atoms with Crippen LogP contribution in [0.5, 0.6) is 0 Å². The molecule has 4 rings (SSSR count). The molecule has 0 bridgehead atoms. The van der Waals surface area contributed by atoms with Gasteiger partial charge in [0.05, 0.1) is 17.3 Å². The van der Waals surface area contributed by atoms with E-state index in [0.29, 0.717) is 30.0 Å². The Bertz CT molecular complexity index is 1600. The normalized spacial score (nSPS) is 17.5. The molecule has 2 aromatic carbocycles. The van der Waals surface area contributed by atoms with Crippen LogP contribution < -0.4 is 11.1 Å². The maximum atomic E-state index is 14.3. The molecule has 2 amide bonds. The van der Waals surface area contributed by atoms with Gasteiger partial charge in [0.25, 0.3) is 5.91 Å². The lowest BCUT2D eigenvalue weighted by atomic mass is 9.83. The number of hydrogen-bond donors (Lipinski definition) is 3. The molecule has 3 aromatic rings. The Labute approximate surface area is 255 Å². The van der Waals surface area contributed by atoms with Crippen molar-refractivity contribution in [2.75, 3.05) is 0 Å². The van der Waals surface area contributed by atoms with E-state index in [9.17, 15) is 35.9 Å². The number of carbonyl (C=O) groups is 2. The number of halogens is 6. The summed E-state index contributed by atoms with van der Waals surface area (Å²) in [6.07, 6.45) is -2.13. The fraction of sp³-hybridized carbons (Fsp3) is 0.344. The first-order valence-corrected chi connectivity index (χ1v) is 14.3. The molecule has 1 aromatic heterocycles. The summed E-state index contributed by atoms with van der Waals surface area (Å²) >= 11 is 0. The zero-order valence-electron chi connectivity index (χ0n) is 24.2. The zero-order valence-corrected chi connectivity index (χ0v) is 24.2. The summed E-state index contributed by atoms with van der Waals surface area (Å²) in [4.78, 5) is 34.3. The van der Waals surface area contributed by atoms with Crippen molar-refractivity contribution in [3.8, 4) is 11.1 Å². The highest BCUT2D eigenvalue weighted by Crippen LogP contribution is 2.32. The molecule has 45 heavy (non-hydrogen) atoms. The zero-order chi connectivity index (χ0) is 32.9. The molecule has 3 unspecified atom stereocenters. The molecule has 238 valence electrons. The van der Waals surface area contributed by atoms with Crippen LogP contribution in [0.2, 0.25) is 0 Å². The lowest BCUT2D eigenvalue weighted by Crippen LogP contribution is -2.40. The van der Waals surface area contributed by atoms with Crippen molar-refractivity contribution in [1.82, 2.24) is 10.3 Å². The molecule has 13 heteroatoms. The largest absolute Gasteiger partial charge is 0.429 e. The van der Waals surface area contributed by atoms with E-state index >= 15 is 0 Å². The number of carbonyl (C=O) groups excluding carboxylic acids is 2. The van der Waals surface area contributed by atoms with Gasteiger partial charge in [-0.05, 0) is 73.6 Å². The molecule has 1 aliphatic carbocycles. The number of alkyl halides is 3. The Morgan fingerprint density at radius 1 is 1.09 bits per heavy atom. The molecular weight excluding hydrogens is 600 g/mol. The second-order valence-electron chi connectivity index (χ2n) is 10.8. The summed E-state index contributed by atoms with van der Waals surface area (Å²) in [6.45, 7) is 1.63. The predicted molar refractivity (Wildman–Crippen MR) is 156 cm³/mol. The van der Waals surface area contributed by atoms with Gasteiger partial charge in [-0.3, -0.25) is 25.0 Å². The molecule has 0 radical (unpaired) electrons. The molecule has 7 nitrogen and oxygen atoms in total. The van der Waals surface area contributed by atoms with Gasteiger partial charge in [-0.1, -0.05) is 25.5 Å². The van der Waals surface area contributed by atoms with Crippen molar-refractivity contribution in [2.45, 2.75) is 63.7 Å². The third-order valence-electron chi connectivity index (χ3n) is 7.63. The van der Waals surface area contributed by atoms with Gasteiger partial charge in [0.15, 0.2) is 0 Å². The van der Waals surface area contributed by atoms with E-state index in [-0.39, 0.29) is 48.2 Å². The molecule has 0 aliphatic heterocycles. The number of hydrogen-bond acceptors (Lipinski definition) is 5. The van der Waals surface area contributed by atoms with E-state index in [4.69, 9.17) is 11.1 Å². The Balaban J connectivity index is 1.74. The molecule has 0 saturated heterocycles. The SMILES string of the molecule is CCC(N=C1CCCCC1C(=N)C(F)(F)F)C(=O)NC(Cc1cc(F)cc(F)c1)c1ncccc1-c1ccc(F)c(C(N)=O)c1. The van der Waals surface area contributed by atoms with Gasteiger partial charge < -0.3 is 11.1 Å². The standard InChI is InChI=1S/C32H31F6N5O2/c1-2-25(42-26-8-4-3-6-22(26)29(39)32(36,37)38)31(45)43-27(14-17-12-19(33)16-20(34)13-17)28-21(7-5-11-41-28)18-9-10-24(35)23(15-18)30(40)44/h5,7,9-13,15-16,22,25,27,39H,2-4,6,8,14H2,1H3,(H2,40,44)(H,43,45). The molecular formula is C32H31F6N5O2. The van der Waals surface area contributed by atoms with Crippen LogP contribution in [0, 0.1) is 28.8 Å². The number of rotatable bonds is 10. The van der Waals surface area contributed by atoms with E-state index < -0.39 is 59.2 Å². The minimum atomic E-state index is -4.83. The lowest BCUT2D eigenvalue weighted by molar-refractivity contribution is -0.123. The van der Waals surface area contributed by atoms with Crippen LogP contribution in [0.1, 0.15) is 66.7 Å². The minimum Gasteiger partial charge on any atom is -0.366 e. The van der Waals surface area contributed by atoms with Crippen LogP contribution in [-0.4, -0.2) is 40.4 Å². The van der Waals surface area contributed by atoms with Crippen molar-refractivity contribution in [1.29, 1.82) is 5.41 Å². The monoisotopic (exact) mass is 631 g/mol. The third-order valence-corrected chi connectivity index (χ3v) is 7.63. The number of amides is 2. The van der Waals surface area contributed by atoms with E-state index in [2.05, 4.69) is 15.3 Å². The maximum Gasteiger partial charge on any atom is 0.429 e. The number of nitrogens with zero attached hydrogens (tertiary/aromatic N) is 2. The summed E-state index contributed by atoms with van der Waals surface area (Å²) in [6, 6.07) is 7.47. The van der Waals surface area contributed by atoms with Gasteiger partial charge in [-0.2, -0.15) is 13.2 Å². The minimum absolute atomic E-state index is 0.0885. The fourth-order valence-electron chi connectivity index (χ4n) is 5.46. The van der Waals surface area contributed by atoms with E-state index in [1.54, 1.807) is 19.1 Å². The van der Waals surface area contributed by atoms with Gasteiger partial charge in [-0.15, -0.1) is 0 Å². The number of pyridine rings is 1. The van der Waals surface area contributed by atoms with Crippen molar-refractivity contribution in [3.05, 3.63) is 89.0 Å². The first-order chi connectivity index (χ1) is 21.3. The number of benzene rings is 2. The Hall–Kier alpha value is -4.55. The highest BCUT2D eigenvalue weighted by molar-refractivity contribution is 6.09. The molecule has 4 N–H and O–H groups in total. The van der Waals surface area contributed by atoms with E-state index in [1.807, 2.05) is 0 Å². The van der Waals surface area contributed by atoms with E-state index in [1.165, 1.54) is 18.3 Å². The highest BCUT2D eigenvalue weighted by Gasteiger charge is 2.42. The highest BCUT2D eigenvalue weighted by atomic mass is 19.4. The molecule has 1 aliphatic rings. The summed E-state index contributed by atoms with van der Waals surface area (Å²) in [7, 11) is 0. The predicted octanol–water partition coefficient (Wildman–Crippen LogP) is 6.66. The Morgan fingerprint density at radius 3 is 2.44 bits per heavy atom. The second kappa shape index (κ2) is 14.0. The number of aromatic nitrogens is 1. The average Bonchev–Trinajstić information content (AvgIpc) is 2.98. The van der Waals surface area contributed by atoms with Crippen LogP contribution in [0.4, 0.5) is 26.3 Å². The van der Waals surface area contributed by atoms with Gasteiger partial charge in [-0.25, -0.2) is 13.2 Å². The van der Waals surface area contributed by atoms with Gasteiger partial charge in [0.1, 0.15) is 29.2 Å². The second-order valence-corrected chi connectivity index (χ2v) is 10.8. The number of primary amides is 1. The third kappa shape index (κ3) is 8.14. The first-order valence-electron chi connectivity index (χ1n) is 14.3. The maximum absolute atomic E-state index is 14.3. The summed E-state index contributed by atoms with van der Waals surface area (Å²) in [5.74, 6) is -5.50. The molecule has 0 spiro atoms. The Kier molecular flexibility index (Phi) is 10.4. The van der Waals surface area contributed by atoms with Gasteiger partial charge >= 0.3 is 6.18 Å². The van der Waals surface area contributed by atoms with Crippen molar-refractivity contribution in [3.63, 3.8) is 0 Å². The summed E-state index contributed by atoms with van der Waals surface area (Å²) in [5, 5.41) is 10.5. The smallest absolute Gasteiger partial charge is 0.366 e. The molecule has 1 saturated carbocycles. The van der Waals surface area contributed by atoms with Crippen LogP contribution in [0.3, 0.4) is 0 Å². The van der Waals surface area contributed by atoms with Gasteiger partial charge in [0.2, 0.25) is 5.91 Å². The molecule has 1 fully saturated rings. The lowest BCUT2D eigenvalue weighted by Gasteiger charge is -2.28. The number of nitrogens with one attached hydrogen (secondary N) is 2. The van der Waals surface area contributed by atoms with Crippen molar-refractivity contribution < 1.29 is 35.9 Å². The Morgan fingerprint density at radius 2 is 1.80 bits per heavy atom. The van der Waals surface area contributed by atoms with Crippen molar-refractivity contribution >= 4 is 23.2 Å². The topological polar surface area (TPSA) is 121 Å². The molecule has 3 atom stereocenters. The first kappa shape index (κ1) is 33.3. The quantitative estimate of drug-likeness (QED) is 0.171. The van der Waals surface area contributed by atoms with Crippen LogP contribution in [0.25, 0.3) is 11.1 Å². The van der Waals surface area contributed by atoms with Crippen LogP contribution in [0.15, 0.2) is 59.7 Å². The average molecular weight is 632 g/mol. The van der Waals surface area contributed by atoms with Crippen LogP contribution in [-0.2, 0) is 11.2 Å². The summed E-state index contributed by atoms with van der Waals surface area (Å²) < 4.78 is 82.8. The fourth-order valence-corrected chi connectivity index (χ4v) is 5.46. The van der Waals surface area contributed by atoms with Gasteiger partial charge in [0, 0.05) is 29.5 Å².